The van der Waals surface area contributed by atoms with Crippen LogP contribution in [0, 0.1) is 11.6 Å². The molecule has 0 heterocycles. The van der Waals surface area contributed by atoms with Gasteiger partial charge < -0.3 is 20.1 Å². The van der Waals surface area contributed by atoms with E-state index in [4.69, 9.17) is 9.47 Å². The lowest BCUT2D eigenvalue weighted by molar-refractivity contribution is -0.118. The minimum Gasteiger partial charge on any atom is -0.495 e. The number of anilines is 2. The molecule has 0 aromatic heterocycles. The van der Waals surface area contributed by atoms with Gasteiger partial charge in [-0.15, -0.1) is 0 Å². The van der Waals surface area contributed by atoms with Gasteiger partial charge >= 0.3 is 0 Å². The maximum absolute atomic E-state index is 13.1. The zero-order valence-electron chi connectivity index (χ0n) is 15.9. The van der Waals surface area contributed by atoms with Gasteiger partial charge in [-0.05, 0) is 48.5 Å². The molecule has 2 N–H and O–H groups in total. The number of halogens is 2. The molecule has 3 rings (SSSR count). The lowest BCUT2D eigenvalue weighted by Gasteiger charge is -2.11. The number of methoxy groups -OCH3 is 1. The Kier molecular flexibility index (Phi) is 6.59. The van der Waals surface area contributed by atoms with Crippen molar-refractivity contribution in [2.45, 2.75) is 0 Å². The van der Waals surface area contributed by atoms with Crippen molar-refractivity contribution in [3.8, 4) is 11.5 Å². The Balaban J connectivity index is 1.55. The van der Waals surface area contributed by atoms with Crippen LogP contribution in [0.25, 0.3) is 0 Å². The van der Waals surface area contributed by atoms with Gasteiger partial charge in [0.15, 0.2) is 18.2 Å². The molecule has 0 spiro atoms. The summed E-state index contributed by atoms with van der Waals surface area (Å²) in [4.78, 5) is 24.4. The van der Waals surface area contributed by atoms with Gasteiger partial charge in [0.05, 0.1) is 12.8 Å². The van der Waals surface area contributed by atoms with E-state index in [1.807, 2.05) is 0 Å². The van der Waals surface area contributed by atoms with Crippen LogP contribution in [-0.4, -0.2) is 25.5 Å². The molecule has 0 aliphatic rings. The zero-order chi connectivity index (χ0) is 21.5. The Morgan fingerprint density at radius 1 is 0.900 bits per heavy atom. The molecule has 6 nitrogen and oxygen atoms in total. The van der Waals surface area contributed by atoms with Crippen molar-refractivity contribution in [1.82, 2.24) is 0 Å². The van der Waals surface area contributed by atoms with Crippen molar-refractivity contribution in [2.75, 3.05) is 24.4 Å². The molecule has 154 valence electrons. The van der Waals surface area contributed by atoms with Gasteiger partial charge in [-0.1, -0.05) is 12.1 Å². The van der Waals surface area contributed by atoms with Gasteiger partial charge in [0.1, 0.15) is 11.5 Å². The highest BCUT2D eigenvalue weighted by molar-refractivity contribution is 6.05. The highest BCUT2D eigenvalue weighted by Gasteiger charge is 2.11. The first-order valence-electron chi connectivity index (χ1n) is 8.88. The highest BCUT2D eigenvalue weighted by Crippen LogP contribution is 2.24. The fourth-order valence-corrected chi connectivity index (χ4v) is 2.56. The molecular weight excluding hydrogens is 394 g/mol. The molecular formula is C22H18F2N2O4. The summed E-state index contributed by atoms with van der Waals surface area (Å²) in [5.74, 6) is -2.32. The molecule has 0 saturated heterocycles. The average Bonchev–Trinajstić information content (AvgIpc) is 2.75. The van der Waals surface area contributed by atoms with E-state index in [-0.39, 0.29) is 18.3 Å². The zero-order valence-corrected chi connectivity index (χ0v) is 15.9. The second-order valence-corrected chi connectivity index (χ2v) is 6.14. The summed E-state index contributed by atoms with van der Waals surface area (Å²) >= 11 is 0. The van der Waals surface area contributed by atoms with Crippen molar-refractivity contribution >= 4 is 23.2 Å². The van der Waals surface area contributed by atoms with Crippen molar-refractivity contribution < 1.29 is 27.8 Å². The fourth-order valence-electron chi connectivity index (χ4n) is 2.56. The number of ether oxygens (including phenoxy) is 2. The third-order valence-electron chi connectivity index (χ3n) is 4.05. The Morgan fingerprint density at radius 2 is 1.63 bits per heavy atom. The maximum atomic E-state index is 13.1. The third-order valence-corrected chi connectivity index (χ3v) is 4.05. The van der Waals surface area contributed by atoms with Crippen molar-refractivity contribution in [1.29, 1.82) is 0 Å². The quantitative estimate of drug-likeness (QED) is 0.609. The molecule has 0 saturated carbocycles. The second kappa shape index (κ2) is 9.51. The highest BCUT2D eigenvalue weighted by atomic mass is 19.2. The van der Waals surface area contributed by atoms with E-state index in [9.17, 15) is 18.4 Å². The lowest BCUT2D eigenvalue weighted by Crippen LogP contribution is -2.20. The normalized spacial score (nSPS) is 10.2. The number of rotatable bonds is 7. The van der Waals surface area contributed by atoms with Crippen LogP contribution in [0.2, 0.25) is 0 Å². The smallest absolute Gasteiger partial charge is 0.262 e. The summed E-state index contributed by atoms with van der Waals surface area (Å²) < 4.78 is 36.4. The second-order valence-electron chi connectivity index (χ2n) is 6.14. The van der Waals surface area contributed by atoms with Crippen LogP contribution in [0.1, 0.15) is 10.4 Å². The summed E-state index contributed by atoms with van der Waals surface area (Å²) in [6.45, 7) is -0.388. The van der Waals surface area contributed by atoms with Crippen molar-refractivity contribution in [2.24, 2.45) is 0 Å². The van der Waals surface area contributed by atoms with E-state index in [0.29, 0.717) is 22.7 Å². The van der Waals surface area contributed by atoms with Crippen LogP contribution in [0.4, 0.5) is 20.2 Å². The molecule has 8 heteroatoms. The van der Waals surface area contributed by atoms with Crippen LogP contribution >= 0.6 is 0 Å². The number of carbonyl (C=O) groups excluding carboxylic acids is 2. The Bertz CT molecular complexity index is 1060. The van der Waals surface area contributed by atoms with E-state index < -0.39 is 17.5 Å². The van der Waals surface area contributed by atoms with E-state index in [1.165, 1.54) is 13.2 Å². The first-order valence-corrected chi connectivity index (χ1v) is 8.88. The molecule has 0 bridgehead atoms. The van der Waals surface area contributed by atoms with Crippen LogP contribution in [0.3, 0.4) is 0 Å². The SMILES string of the molecule is COc1ccccc1NC(=O)c1ccc(NC(=O)COc2ccc(F)c(F)c2)cc1. The van der Waals surface area contributed by atoms with Gasteiger partial charge in [-0.2, -0.15) is 0 Å². The molecule has 0 fully saturated rings. The predicted octanol–water partition coefficient (Wildman–Crippen LogP) is 4.24. The molecule has 3 aromatic rings. The van der Waals surface area contributed by atoms with Crippen molar-refractivity contribution in [3.63, 3.8) is 0 Å². The Morgan fingerprint density at radius 3 is 2.33 bits per heavy atom. The maximum Gasteiger partial charge on any atom is 0.262 e. The summed E-state index contributed by atoms with van der Waals surface area (Å²) in [6, 6.07) is 16.2. The number of benzene rings is 3. The van der Waals surface area contributed by atoms with Crippen molar-refractivity contribution in [3.05, 3.63) is 83.9 Å². The average molecular weight is 412 g/mol. The first kappa shape index (κ1) is 20.8. The summed E-state index contributed by atoms with van der Waals surface area (Å²) in [7, 11) is 1.51. The minimum absolute atomic E-state index is 0.0346. The molecule has 0 aliphatic heterocycles. The lowest BCUT2D eigenvalue weighted by atomic mass is 10.2. The minimum atomic E-state index is -1.06. The van der Waals surface area contributed by atoms with E-state index >= 15 is 0 Å². The largest absolute Gasteiger partial charge is 0.495 e. The van der Waals surface area contributed by atoms with E-state index in [0.717, 1.165) is 12.1 Å². The molecule has 3 aromatic carbocycles. The van der Waals surface area contributed by atoms with Gasteiger partial charge in [0.25, 0.3) is 11.8 Å². The van der Waals surface area contributed by atoms with Gasteiger partial charge in [0.2, 0.25) is 0 Å². The number of hydrogen-bond acceptors (Lipinski definition) is 4. The molecule has 2 amide bonds. The molecule has 0 atom stereocenters. The van der Waals surface area contributed by atoms with E-state index in [1.54, 1.807) is 48.5 Å². The topological polar surface area (TPSA) is 76.7 Å². The number of amides is 2. The predicted molar refractivity (Wildman–Crippen MR) is 108 cm³/mol. The standard InChI is InChI=1S/C22H18F2N2O4/c1-29-20-5-3-2-4-19(20)26-22(28)14-6-8-15(9-7-14)25-21(27)13-30-16-10-11-17(23)18(24)12-16/h2-12H,13H2,1H3,(H,25,27)(H,26,28). The summed E-state index contributed by atoms with van der Waals surface area (Å²) in [5.41, 5.74) is 1.37. The third kappa shape index (κ3) is 5.32. The van der Waals surface area contributed by atoms with Crippen LogP contribution in [-0.2, 0) is 4.79 Å². The van der Waals surface area contributed by atoms with Gasteiger partial charge in [-0.25, -0.2) is 8.78 Å². The monoisotopic (exact) mass is 412 g/mol. The Hall–Kier alpha value is -3.94. The van der Waals surface area contributed by atoms with Crippen LogP contribution in [0.5, 0.6) is 11.5 Å². The summed E-state index contributed by atoms with van der Waals surface area (Å²) in [6.07, 6.45) is 0. The molecule has 0 unspecified atom stereocenters. The van der Waals surface area contributed by atoms with Gasteiger partial charge in [-0.3, -0.25) is 9.59 Å². The van der Waals surface area contributed by atoms with Crippen LogP contribution in [0.15, 0.2) is 66.7 Å². The molecule has 0 radical (unpaired) electrons. The van der Waals surface area contributed by atoms with E-state index in [2.05, 4.69) is 10.6 Å². The number of carbonyl (C=O) groups is 2. The van der Waals surface area contributed by atoms with Gasteiger partial charge in [0, 0.05) is 17.3 Å². The Labute approximate surface area is 171 Å². The number of hydrogen-bond donors (Lipinski definition) is 2. The molecule has 0 aliphatic carbocycles. The van der Waals surface area contributed by atoms with Crippen LogP contribution < -0.4 is 20.1 Å². The first-order chi connectivity index (χ1) is 14.5. The molecule has 30 heavy (non-hydrogen) atoms. The summed E-state index contributed by atoms with van der Waals surface area (Å²) in [5, 5.41) is 5.35. The number of para-hydroxylation sites is 2. The number of nitrogens with one attached hydrogen (secondary N) is 2. The fraction of sp³-hybridized carbons (Fsp3) is 0.0909.